The number of fused-ring (bicyclic) bond motifs is 7. The second-order valence-corrected chi connectivity index (χ2v) is 10.0. The van der Waals surface area contributed by atoms with Crippen molar-refractivity contribution in [3.63, 3.8) is 0 Å². The minimum Gasteiger partial charge on any atom is -0.493 e. The largest absolute Gasteiger partial charge is 0.493 e. The van der Waals surface area contributed by atoms with Gasteiger partial charge in [0.1, 0.15) is 23.4 Å². The lowest BCUT2D eigenvalue weighted by atomic mass is 10.1. The van der Waals surface area contributed by atoms with Crippen molar-refractivity contribution in [2.24, 2.45) is 5.92 Å². The number of nitrogens with zero attached hydrogens (tertiary/aromatic N) is 2. The molecule has 4 heterocycles. The highest BCUT2D eigenvalue weighted by Gasteiger charge is 2.39. The number of amides is 3. The molecule has 2 fully saturated rings. The third-order valence-corrected chi connectivity index (χ3v) is 6.97. The first-order valence-corrected chi connectivity index (χ1v) is 13.0. The third kappa shape index (κ3) is 5.97. The molecular weight excluding hydrogens is 502 g/mol. The van der Waals surface area contributed by atoms with Crippen LogP contribution in [0.4, 0.5) is 0 Å². The Morgan fingerprint density at radius 3 is 2.69 bits per heavy atom. The van der Waals surface area contributed by atoms with E-state index in [9.17, 15) is 14.4 Å². The van der Waals surface area contributed by atoms with Gasteiger partial charge in [0.15, 0.2) is 12.4 Å². The van der Waals surface area contributed by atoms with Crippen LogP contribution in [0.1, 0.15) is 39.4 Å². The molecule has 0 radical (unpaired) electrons. The van der Waals surface area contributed by atoms with Crippen molar-refractivity contribution in [1.82, 2.24) is 25.5 Å². The summed E-state index contributed by atoms with van der Waals surface area (Å²) in [6.07, 6.45) is 4.86. The van der Waals surface area contributed by atoms with Gasteiger partial charge in [0, 0.05) is 37.1 Å². The molecular formula is C28H29N5O6. The van der Waals surface area contributed by atoms with Crippen LogP contribution in [0.3, 0.4) is 0 Å². The van der Waals surface area contributed by atoms with E-state index in [0.717, 1.165) is 18.4 Å². The van der Waals surface area contributed by atoms with Crippen LogP contribution in [-0.2, 0) is 11.3 Å². The van der Waals surface area contributed by atoms with Crippen molar-refractivity contribution in [3.05, 3.63) is 71.8 Å². The van der Waals surface area contributed by atoms with E-state index in [4.69, 9.17) is 14.2 Å². The maximum atomic E-state index is 13.5. The molecule has 1 saturated heterocycles. The zero-order valence-corrected chi connectivity index (χ0v) is 21.2. The molecule has 3 amide bonds. The fraction of sp³-hybridized carbons (Fsp3) is 0.357. The second-order valence-electron chi connectivity index (χ2n) is 10.0. The number of benzene rings is 2. The van der Waals surface area contributed by atoms with Crippen LogP contribution in [0.2, 0.25) is 0 Å². The van der Waals surface area contributed by atoms with Gasteiger partial charge in [0.05, 0.1) is 19.2 Å². The molecule has 2 atom stereocenters. The molecule has 4 aliphatic rings. The number of hydrogen-bond donors (Lipinski definition) is 3. The predicted octanol–water partition coefficient (Wildman–Crippen LogP) is 1.91. The topological polar surface area (TPSA) is 135 Å². The molecule has 3 N–H and O–H groups in total. The van der Waals surface area contributed by atoms with Gasteiger partial charge < -0.3 is 34.7 Å². The molecule has 202 valence electrons. The van der Waals surface area contributed by atoms with E-state index >= 15 is 0 Å². The summed E-state index contributed by atoms with van der Waals surface area (Å²) in [4.78, 5) is 47.4. The molecule has 1 saturated carbocycles. The first kappa shape index (κ1) is 24.8. The lowest BCUT2D eigenvalue weighted by molar-refractivity contribution is -0.123. The lowest BCUT2D eigenvalue weighted by Crippen LogP contribution is -2.45. The van der Waals surface area contributed by atoms with Crippen molar-refractivity contribution < 1.29 is 28.6 Å². The Morgan fingerprint density at radius 1 is 1.08 bits per heavy atom. The maximum absolute atomic E-state index is 13.5. The summed E-state index contributed by atoms with van der Waals surface area (Å²) in [5.74, 6) is 1.26. The van der Waals surface area contributed by atoms with Gasteiger partial charge in [-0.3, -0.25) is 14.4 Å². The fourth-order valence-corrected chi connectivity index (χ4v) is 4.61. The Hall–Kier alpha value is -4.54. The van der Waals surface area contributed by atoms with E-state index in [-0.39, 0.29) is 43.2 Å². The Kier molecular flexibility index (Phi) is 6.78. The number of carbonyl (C=O) groups is 3. The van der Waals surface area contributed by atoms with Crippen LogP contribution >= 0.6 is 0 Å². The van der Waals surface area contributed by atoms with E-state index in [1.807, 2.05) is 12.1 Å². The van der Waals surface area contributed by atoms with Gasteiger partial charge in [-0.15, -0.1) is 0 Å². The van der Waals surface area contributed by atoms with E-state index in [1.165, 1.54) is 6.20 Å². The van der Waals surface area contributed by atoms with Crippen LogP contribution < -0.4 is 24.8 Å². The molecule has 11 heteroatoms. The molecule has 3 aromatic rings. The van der Waals surface area contributed by atoms with Crippen LogP contribution in [0.15, 0.2) is 54.9 Å². The number of imidazole rings is 1. The third-order valence-electron chi connectivity index (χ3n) is 6.97. The van der Waals surface area contributed by atoms with Crippen molar-refractivity contribution in [1.29, 1.82) is 0 Å². The van der Waals surface area contributed by atoms with Crippen LogP contribution in [0.5, 0.6) is 17.2 Å². The Morgan fingerprint density at radius 2 is 1.92 bits per heavy atom. The minimum atomic E-state index is -0.501. The number of ether oxygens (including phenoxy) is 3. The Balaban J connectivity index is 1.29. The number of carbonyl (C=O) groups excluding carboxylic acids is 3. The zero-order chi connectivity index (χ0) is 26.8. The Labute approximate surface area is 224 Å². The van der Waals surface area contributed by atoms with Gasteiger partial charge in [0.2, 0.25) is 0 Å². The number of hydrogen-bond acceptors (Lipinski definition) is 7. The molecule has 1 aromatic heterocycles. The molecule has 39 heavy (non-hydrogen) atoms. The maximum Gasteiger partial charge on any atom is 0.289 e. The first-order valence-electron chi connectivity index (χ1n) is 13.0. The van der Waals surface area contributed by atoms with Crippen molar-refractivity contribution in [2.45, 2.75) is 31.5 Å². The predicted molar refractivity (Wildman–Crippen MR) is 139 cm³/mol. The van der Waals surface area contributed by atoms with Gasteiger partial charge in [-0.2, -0.15) is 0 Å². The van der Waals surface area contributed by atoms with E-state index in [0.29, 0.717) is 41.9 Å². The highest BCUT2D eigenvalue weighted by atomic mass is 16.5. The summed E-state index contributed by atoms with van der Waals surface area (Å²) in [5.41, 5.74) is 1.21. The minimum absolute atomic E-state index is 0.205. The average molecular weight is 532 g/mol. The quantitative estimate of drug-likeness (QED) is 0.468. The molecule has 7 rings (SSSR count). The highest BCUT2D eigenvalue weighted by Crippen LogP contribution is 2.31. The summed E-state index contributed by atoms with van der Waals surface area (Å²) in [7, 11) is 0. The van der Waals surface area contributed by atoms with Gasteiger partial charge in [-0.25, -0.2) is 4.98 Å². The molecule has 0 spiro atoms. The summed E-state index contributed by atoms with van der Waals surface area (Å²) in [6, 6.07) is 11.8. The first-order chi connectivity index (χ1) is 19.0. The van der Waals surface area contributed by atoms with E-state index < -0.39 is 12.1 Å². The van der Waals surface area contributed by atoms with Gasteiger partial charge in [-0.1, -0.05) is 12.1 Å². The SMILES string of the molecule is O=C1COc2cc(OCC3CC3)cc(c2)C(=O)N[C@H]2CN(C(=O)c3ncc[nH]3)C[C@@H]2Oc2ccc(cc2)CN1. The Bertz CT molecular complexity index is 1360. The van der Waals surface area contributed by atoms with Crippen molar-refractivity contribution in [3.8, 4) is 17.2 Å². The second kappa shape index (κ2) is 10.7. The molecule has 4 bridgehead atoms. The summed E-state index contributed by atoms with van der Waals surface area (Å²) >= 11 is 0. The van der Waals surface area contributed by atoms with E-state index in [1.54, 1.807) is 41.4 Å². The molecule has 0 unspecified atom stereocenters. The summed E-state index contributed by atoms with van der Waals surface area (Å²) < 4.78 is 17.9. The number of H-pyrrole nitrogens is 1. The van der Waals surface area contributed by atoms with Crippen LogP contribution in [-0.4, -0.2) is 71.0 Å². The number of likely N-dealkylation sites (tertiary alicyclic amines) is 1. The van der Waals surface area contributed by atoms with Gasteiger partial charge in [0.25, 0.3) is 17.7 Å². The molecule has 3 aliphatic heterocycles. The van der Waals surface area contributed by atoms with Gasteiger partial charge >= 0.3 is 0 Å². The molecule has 11 nitrogen and oxygen atoms in total. The summed E-state index contributed by atoms with van der Waals surface area (Å²) in [5, 5.41) is 5.87. The molecule has 1 aliphatic carbocycles. The monoisotopic (exact) mass is 531 g/mol. The van der Waals surface area contributed by atoms with Crippen LogP contribution in [0, 0.1) is 5.92 Å². The number of rotatable bonds is 4. The average Bonchev–Trinajstić information content (AvgIpc) is 3.45. The summed E-state index contributed by atoms with van der Waals surface area (Å²) in [6.45, 7) is 1.19. The van der Waals surface area contributed by atoms with Gasteiger partial charge in [-0.05, 0) is 48.6 Å². The van der Waals surface area contributed by atoms with Crippen molar-refractivity contribution in [2.75, 3.05) is 26.3 Å². The standard InChI is InChI=1S/C28H29N5O6/c34-25-16-38-22-10-19(9-21(11-22)37-15-18-1-2-18)27(35)32-23-13-33(28(36)26-29-7-8-30-26)14-24(23)39-20-5-3-17(4-6-20)12-31-25/h3-11,18,23-24H,1-2,12-16H2,(H,29,30)(H,31,34)(H,32,35)/t23-,24-/m0/s1. The van der Waals surface area contributed by atoms with E-state index in [2.05, 4.69) is 20.6 Å². The van der Waals surface area contributed by atoms with Crippen molar-refractivity contribution >= 4 is 17.7 Å². The smallest absolute Gasteiger partial charge is 0.289 e. The number of aromatic amines is 1. The zero-order valence-electron chi connectivity index (χ0n) is 21.2. The highest BCUT2D eigenvalue weighted by molar-refractivity contribution is 5.95. The lowest BCUT2D eigenvalue weighted by Gasteiger charge is -2.21. The number of nitrogens with one attached hydrogen (secondary N) is 3. The normalized spacial score (nSPS) is 21.2. The molecule has 2 aromatic carbocycles. The fourth-order valence-electron chi connectivity index (χ4n) is 4.61. The van der Waals surface area contributed by atoms with Crippen LogP contribution in [0.25, 0.3) is 0 Å². The number of aromatic nitrogens is 2.